The largest absolute Gasteiger partial charge is 0.494 e. The van der Waals surface area contributed by atoms with Crippen LogP contribution in [0.2, 0.25) is 0 Å². The molecular formula is C25H24N6O2S. The molecule has 0 aliphatic heterocycles. The standard InChI is InChI=1S/C25H24N6O2S/c1-3-33-22-12-10-21(11-13-22)31-24(20-9-6-14-26-15-20)29-30-25(31)34-17-23(32)28-27-16-19-8-5-4-7-18(19)2/h4-16H,3,17H2,1-2H3,(H,28,32)/b27-16-. The van der Waals surface area contributed by atoms with Gasteiger partial charge < -0.3 is 4.74 Å². The van der Waals surface area contributed by atoms with Gasteiger partial charge in [-0.2, -0.15) is 5.10 Å². The van der Waals surface area contributed by atoms with Crippen molar-refractivity contribution < 1.29 is 9.53 Å². The van der Waals surface area contributed by atoms with Crippen molar-refractivity contribution in [3.8, 4) is 22.8 Å². The van der Waals surface area contributed by atoms with Crippen molar-refractivity contribution in [2.45, 2.75) is 19.0 Å². The summed E-state index contributed by atoms with van der Waals surface area (Å²) < 4.78 is 7.46. The summed E-state index contributed by atoms with van der Waals surface area (Å²) in [6.07, 6.45) is 5.08. The topological polar surface area (TPSA) is 94.3 Å². The fraction of sp³-hybridized carbons (Fsp3) is 0.160. The average Bonchev–Trinajstić information content (AvgIpc) is 3.29. The average molecular weight is 473 g/mol. The van der Waals surface area contributed by atoms with E-state index >= 15 is 0 Å². The summed E-state index contributed by atoms with van der Waals surface area (Å²) in [5.74, 6) is 1.31. The van der Waals surface area contributed by atoms with Crippen LogP contribution in [0, 0.1) is 6.92 Å². The Balaban J connectivity index is 1.51. The van der Waals surface area contributed by atoms with Crippen molar-refractivity contribution >= 4 is 23.9 Å². The van der Waals surface area contributed by atoms with Crippen LogP contribution in [0.15, 0.2) is 83.3 Å². The first-order valence-electron chi connectivity index (χ1n) is 10.7. The highest BCUT2D eigenvalue weighted by molar-refractivity contribution is 7.99. The Bertz CT molecular complexity index is 1270. The second-order valence-electron chi connectivity index (χ2n) is 7.25. The van der Waals surface area contributed by atoms with Gasteiger partial charge in [-0.3, -0.25) is 14.3 Å². The van der Waals surface area contributed by atoms with Crippen LogP contribution in [-0.2, 0) is 4.79 Å². The maximum atomic E-state index is 12.4. The van der Waals surface area contributed by atoms with E-state index in [0.29, 0.717) is 17.6 Å². The highest BCUT2D eigenvalue weighted by Crippen LogP contribution is 2.28. The molecule has 1 amide bonds. The van der Waals surface area contributed by atoms with Crippen LogP contribution in [0.5, 0.6) is 5.75 Å². The Morgan fingerprint density at radius 2 is 1.94 bits per heavy atom. The minimum atomic E-state index is -0.237. The van der Waals surface area contributed by atoms with Crippen LogP contribution in [0.4, 0.5) is 0 Å². The van der Waals surface area contributed by atoms with Gasteiger partial charge in [0.1, 0.15) is 5.75 Å². The van der Waals surface area contributed by atoms with Gasteiger partial charge in [-0.05, 0) is 61.4 Å². The van der Waals surface area contributed by atoms with Gasteiger partial charge in [-0.1, -0.05) is 36.0 Å². The van der Waals surface area contributed by atoms with E-state index in [1.54, 1.807) is 18.6 Å². The normalized spacial score (nSPS) is 11.0. The number of pyridine rings is 1. The quantitative estimate of drug-likeness (QED) is 0.222. The summed E-state index contributed by atoms with van der Waals surface area (Å²) in [6.45, 7) is 4.53. The molecule has 2 aromatic carbocycles. The van der Waals surface area contributed by atoms with E-state index < -0.39 is 0 Å². The van der Waals surface area contributed by atoms with E-state index in [1.165, 1.54) is 11.8 Å². The number of nitrogens with one attached hydrogen (secondary N) is 1. The van der Waals surface area contributed by atoms with Crippen LogP contribution in [0.25, 0.3) is 17.1 Å². The molecule has 172 valence electrons. The van der Waals surface area contributed by atoms with E-state index in [4.69, 9.17) is 4.74 Å². The SMILES string of the molecule is CCOc1ccc(-n2c(SCC(=O)N/N=C\c3ccccc3C)nnc2-c2cccnc2)cc1. The van der Waals surface area contributed by atoms with Gasteiger partial charge in [-0.25, -0.2) is 5.43 Å². The number of amides is 1. The number of carbonyl (C=O) groups excluding carboxylic acids is 1. The molecule has 0 saturated heterocycles. The van der Waals surface area contributed by atoms with Crippen LogP contribution in [0.1, 0.15) is 18.1 Å². The first-order chi connectivity index (χ1) is 16.7. The number of hydrogen-bond acceptors (Lipinski definition) is 7. The van der Waals surface area contributed by atoms with Gasteiger partial charge in [0.15, 0.2) is 11.0 Å². The lowest BCUT2D eigenvalue weighted by molar-refractivity contribution is -0.118. The van der Waals surface area contributed by atoms with Gasteiger partial charge >= 0.3 is 0 Å². The summed E-state index contributed by atoms with van der Waals surface area (Å²) in [5.41, 5.74) is 6.29. The molecule has 0 spiro atoms. The summed E-state index contributed by atoms with van der Waals surface area (Å²) in [6, 6.07) is 19.3. The van der Waals surface area contributed by atoms with E-state index in [0.717, 1.165) is 28.1 Å². The molecule has 0 bridgehead atoms. The van der Waals surface area contributed by atoms with Crippen molar-refractivity contribution in [2.24, 2.45) is 5.10 Å². The van der Waals surface area contributed by atoms with Crippen molar-refractivity contribution in [3.63, 3.8) is 0 Å². The molecule has 0 aliphatic carbocycles. The van der Waals surface area contributed by atoms with Gasteiger partial charge in [0.25, 0.3) is 5.91 Å². The number of ether oxygens (including phenoxy) is 1. The van der Waals surface area contributed by atoms with E-state index in [1.807, 2.05) is 79.1 Å². The van der Waals surface area contributed by atoms with Crippen molar-refractivity contribution in [1.29, 1.82) is 0 Å². The molecule has 0 saturated carbocycles. The highest BCUT2D eigenvalue weighted by atomic mass is 32.2. The van der Waals surface area contributed by atoms with Gasteiger partial charge in [0.2, 0.25) is 0 Å². The maximum absolute atomic E-state index is 12.4. The lowest BCUT2D eigenvalue weighted by Gasteiger charge is -2.11. The number of hydrazone groups is 1. The molecule has 0 aliphatic rings. The molecular weight excluding hydrogens is 448 g/mol. The molecule has 2 aromatic heterocycles. The van der Waals surface area contributed by atoms with Crippen LogP contribution in [-0.4, -0.2) is 44.2 Å². The number of nitrogens with zero attached hydrogens (tertiary/aromatic N) is 5. The third-order valence-electron chi connectivity index (χ3n) is 4.87. The zero-order chi connectivity index (χ0) is 23.8. The Labute approximate surface area is 202 Å². The number of aromatic nitrogens is 4. The summed E-state index contributed by atoms with van der Waals surface area (Å²) >= 11 is 1.28. The Morgan fingerprint density at radius 1 is 1.12 bits per heavy atom. The molecule has 0 unspecified atom stereocenters. The second kappa shape index (κ2) is 11.2. The van der Waals surface area contributed by atoms with E-state index in [-0.39, 0.29) is 11.7 Å². The minimum absolute atomic E-state index is 0.132. The summed E-state index contributed by atoms with van der Waals surface area (Å²) in [4.78, 5) is 16.6. The fourth-order valence-electron chi connectivity index (χ4n) is 3.20. The Hall–Kier alpha value is -3.98. The predicted molar refractivity (Wildman–Crippen MR) is 133 cm³/mol. The zero-order valence-corrected chi connectivity index (χ0v) is 19.7. The van der Waals surface area contributed by atoms with Gasteiger partial charge in [0.05, 0.1) is 18.6 Å². The highest BCUT2D eigenvalue weighted by Gasteiger charge is 2.17. The monoisotopic (exact) mass is 472 g/mol. The Morgan fingerprint density at radius 3 is 2.68 bits per heavy atom. The van der Waals surface area contributed by atoms with Crippen molar-refractivity contribution in [2.75, 3.05) is 12.4 Å². The van der Waals surface area contributed by atoms with Crippen molar-refractivity contribution in [1.82, 2.24) is 25.2 Å². The molecule has 9 heteroatoms. The first kappa shape index (κ1) is 23.2. The number of benzene rings is 2. The molecule has 0 fully saturated rings. The molecule has 1 N–H and O–H groups in total. The molecule has 2 heterocycles. The maximum Gasteiger partial charge on any atom is 0.250 e. The number of rotatable bonds is 9. The molecule has 0 atom stereocenters. The van der Waals surface area contributed by atoms with Crippen LogP contribution >= 0.6 is 11.8 Å². The number of thioether (sulfide) groups is 1. The van der Waals surface area contributed by atoms with Gasteiger partial charge in [0, 0.05) is 23.6 Å². The number of aryl methyl sites for hydroxylation is 1. The zero-order valence-electron chi connectivity index (χ0n) is 18.9. The minimum Gasteiger partial charge on any atom is -0.494 e. The van der Waals surface area contributed by atoms with E-state index in [9.17, 15) is 4.79 Å². The van der Waals surface area contributed by atoms with Crippen LogP contribution in [0.3, 0.4) is 0 Å². The molecule has 8 nitrogen and oxygen atoms in total. The molecule has 4 rings (SSSR count). The Kier molecular flexibility index (Phi) is 7.67. The predicted octanol–water partition coefficient (Wildman–Crippen LogP) is 4.28. The van der Waals surface area contributed by atoms with Crippen LogP contribution < -0.4 is 10.2 Å². The second-order valence-corrected chi connectivity index (χ2v) is 8.19. The lowest BCUT2D eigenvalue weighted by atomic mass is 10.1. The fourth-order valence-corrected chi connectivity index (χ4v) is 3.95. The number of carbonyl (C=O) groups is 1. The molecule has 4 aromatic rings. The third-order valence-corrected chi connectivity index (χ3v) is 5.80. The molecule has 34 heavy (non-hydrogen) atoms. The number of hydrogen-bond donors (Lipinski definition) is 1. The smallest absolute Gasteiger partial charge is 0.250 e. The third kappa shape index (κ3) is 5.68. The summed E-state index contributed by atoms with van der Waals surface area (Å²) in [5, 5.41) is 13.4. The van der Waals surface area contributed by atoms with E-state index in [2.05, 4.69) is 25.7 Å². The first-order valence-corrected chi connectivity index (χ1v) is 11.7. The summed E-state index contributed by atoms with van der Waals surface area (Å²) in [7, 11) is 0. The van der Waals surface area contributed by atoms with Crippen molar-refractivity contribution in [3.05, 3.63) is 84.2 Å². The lowest BCUT2D eigenvalue weighted by Crippen LogP contribution is -2.20. The van der Waals surface area contributed by atoms with Gasteiger partial charge in [-0.15, -0.1) is 10.2 Å². The molecule has 0 radical (unpaired) electrons.